The summed E-state index contributed by atoms with van der Waals surface area (Å²) in [4.78, 5) is 38.4. The van der Waals surface area contributed by atoms with Gasteiger partial charge in [-0.05, 0) is 60.4 Å². The Morgan fingerprint density at radius 3 is 2.86 bits per heavy atom. The van der Waals surface area contributed by atoms with Gasteiger partial charge in [-0.25, -0.2) is 4.39 Å². The van der Waals surface area contributed by atoms with Crippen LogP contribution in [0.5, 0.6) is 0 Å². The van der Waals surface area contributed by atoms with Gasteiger partial charge in [-0.2, -0.15) is 0 Å². The van der Waals surface area contributed by atoms with E-state index in [1.165, 1.54) is 18.2 Å². The predicted molar refractivity (Wildman–Crippen MR) is 107 cm³/mol. The number of anilines is 2. The zero-order valence-corrected chi connectivity index (χ0v) is 16.3. The van der Waals surface area contributed by atoms with E-state index in [9.17, 15) is 18.8 Å². The first-order valence-electron chi connectivity index (χ1n) is 9.38. The van der Waals surface area contributed by atoms with Crippen LogP contribution in [0.4, 0.5) is 15.8 Å². The second kappa shape index (κ2) is 7.83. The van der Waals surface area contributed by atoms with Crippen LogP contribution in [0.2, 0.25) is 5.02 Å². The Labute approximate surface area is 172 Å². The van der Waals surface area contributed by atoms with Crippen molar-refractivity contribution >= 4 is 40.7 Å². The molecule has 1 fully saturated rings. The van der Waals surface area contributed by atoms with Crippen LogP contribution in [0.15, 0.2) is 36.4 Å². The van der Waals surface area contributed by atoms with Crippen LogP contribution in [-0.4, -0.2) is 24.3 Å². The molecule has 0 spiro atoms. The normalized spacial score (nSPS) is 18.4. The Bertz CT molecular complexity index is 1010. The summed E-state index contributed by atoms with van der Waals surface area (Å²) in [6.45, 7) is 0.487. The number of halogens is 2. The lowest BCUT2D eigenvalue weighted by Gasteiger charge is -2.22. The highest BCUT2D eigenvalue weighted by Crippen LogP contribution is 2.31. The molecule has 0 radical (unpaired) electrons. The lowest BCUT2D eigenvalue weighted by atomic mass is 10.0. The molecule has 2 aromatic rings. The Morgan fingerprint density at radius 1 is 1.21 bits per heavy atom. The molecule has 1 saturated heterocycles. The fourth-order valence-electron chi connectivity index (χ4n) is 3.70. The zero-order valence-electron chi connectivity index (χ0n) is 15.5. The molecule has 2 aromatic carbocycles. The van der Waals surface area contributed by atoms with E-state index >= 15 is 0 Å². The number of nitrogens with zero attached hydrogens (tertiary/aromatic N) is 1. The third-order valence-corrected chi connectivity index (χ3v) is 5.65. The molecule has 3 amide bonds. The molecule has 2 aliphatic heterocycles. The van der Waals surface area contributed by atoms with E-state index in [1.807, 2.05) is 6.07 Å². The first-order chi connectivity index (χ1) is 13.9. The number of amides is 3. The third-order valence-electron chi connectivity index (χ3n) is 5.28. The highest BCUT2D eigenvalue weighted by molar-refractivity contribution is 6.31. The largest absolute Gasteiger partial charge is 0.351 e. The van der Waals surface area contributed by atoms with E-state index in [1.54, 1.807) is 17.0 Å². The zero-order chi connectivity index (χ0) is 20.5. The lowest BCUT2D eigenvalue weighted by molar-refractivity contribution is -0.132. The number of benzene rings is 2. The summed E-state index contributed by atoms with van der Waals surface area (Å²) < 4.78 is 13.4. The van der Waals surface area contributed by atoms with Crippen molar-refractivity contribution in [1.82, 2.24) is 5.32 Å². The summed E-state index contributed by atoms with van der Waals surface area (Å²) in [5.74, 6) is -1.92. The minimum atomic E-state index is -0.793. The number of hydrogen-bond donors (Lipinski definition) is 2. The van der Waals surface area contributed by atoms with Gasteiger partial charge in [0.2, 0.25) is 17.7 Å². The molecule has 2 heterocycles. The molecule has 0 bridgehead atoms. The monoisotopic (exact) mass is 415 g/mol. The van der Waals surface area contributed by atoms with Crippen LogP contribution < -0.4 is 15.5 Å². The number of fused-ring (bicyclic) bond motifs is 1. The van der Waals surface area contributed by atoms with Crippen molar-refractivity contribution in [3.8, 4) is 0 Å². The minimum absolute atomic E-state index is 0.0161. The first-order valence-corrected chi connectivity index (χ1v) is 9.76. The second-order valence-electron chi connectivity index (χ2n) is 7.17. The number of nitrogens with one attached hydrogen (secondary N) is 2. The Kier molecular flexibility index (Phi) is 5.24. The van der Waals surface area contributed by atoms with Gasteiger partial charge in [0.15, 0.2) is 0 Å². The van der Waals surface area contributed by atoms with E-state index in [0.717, 1.165) is 11.3 Å². The quantitative estimate of drug-likeness (QED) is 0.753. The molecule has 150 valence electrons. The van der Waals surface area contributed by atoms with Crippen molar-refractivity contribution in [1.29, 1.82) is 0 Å². The molecule has 0 aliphatic carbocycles. The summed E-state index contributed by atoms with van der Waals surface area (Å²) in [6, 6.07) is 9.38. The van der Waals surface area contributed by atoms with Crippen LogP contribution in [-0.2, 0) is 27.3 Å². The topological polar surface area (TPSA) is 78.5 Å². The van der Waals surface area contributed by atoms with Crippen molar-refractivity contribution in [3.63, 3.8) is 0 Å². The lowest BCUT2D eigenvalue weighted by Crippen LogP contribution is -2.36. The summed E-state index contributed by atoms with van der Waals surface area (Å²) in [7, 11) is 0. The minimum Gasteiger partial charge on any atom is -0.351 e. The average molecular weight is 416 g/mol. The molecule has 4 rings (SSSR count). The van der Waals surface area contributed by atoms with Gasteiger partial charge in [-0.1, -0.05) is 11.6 Å². The van der Waals surface area contributed by atoms with Crippen molar-refractivity contribution in [2.24, 2.45) is 5.92 Å². The molecule has 2 aliphatic rings. The Hall–Kier alpha value is -2.93. The number of carbonyl (C=O) groups is 3. The van der Waals surface area contributed by atoms with Gasteiger partial charge in [0.1, 0.15) is 11.7 Å². The fourth-order valence-corrected chi connectivity index (χ4v) is 3.89. The molecule has 0 aromatic heterocycles. The summed E-state index contributed by atoms with van der Waals surface area (Å²) >= 11 is 6.02. The molecule has 8 heteroatoms. The smallest absolute Gasteiger partial charge is 0.239 e. The van der Waals surface area contributed by atoms with Crippen LogP contribution >= 0.6 is 11.6 Å². The van der Waals surface area contributed by atoms with Crippen LogP contribution in [0, 0.1) is 11.7 Å². The summed E-state index contributed by atoms with van der Waals surface area (Å²) in [5.41, 5.74) is 2.91. The highest BCUT2D eigenvalue weighted by Gasteiger charge is 2.37. The van der Waals surface area contributed by atoms with E-state index < -0.39 is 17.6 Å². The predicted octanol–water partition coefficient (Wildman–Crippen LogP) is 3.03. The van der Waals surface area contributed by atoms with Gasteiger partial charge in [0.05, 0.1) is 0 Å². The van der Waals surface area contributed by atoms with Crippen molar-refractivity contribution in [2.45, 2.75) is 25.8 Å². The number of rotatable bonds is 4. The molecule has 1 unspecified atom stereocenters. The maximum Gasteiger partial charge on any atom is 0.239 e. The summed E-state index contributed by atoms with van der Waals surface area (Å²) in [6.07, 6.45) is 1.43. The molecule has 6 nitrogen and oxygen atoms in total. The fraction of sp³-hybridized carbons (Fsp3) is 0.286. The van der Waals surface area contributed by atoms with Gasteiger partial charge >= 0.3 is 0 Å². The first kappa shape index (κ1) is 19.4. The van der Waals surface area contributed by atoms with E-state index in [0.29, 0.717) is 42.1 Å². The van der Waals surface area contributed by atoms with E-state index in [-0.39, 0.29) is 18.4 Å². The standard InChI is InChI=1S/C21H19ClFN3O3/c22-17-4-2-14(23)9-13(17)11-24-20(28)16-7-8-26(21(16)29)15-3-5-18-12(10-15)1-6-19(27)25-18/h2-5,9-10,16H,1,6-8,11H2,(H,24,28)(H,25,27). The second-order valence-corrected chi connectivity index (χ2v) is 7.58. The van der Waals surface area contributed by atoms with E-state index in [4.69, 9.17) is 11.6 Å². The van der Waals surface area contributed by atoms with Crippen LogP contribution in [0.25, 0.3) is 0 Å². The molecule has 29 heavy (non-hydrogen) atoms. The van der Waals surface area contributed by atoms with Gasteiger partial charge in [-0.15, -0.1) is 0 Å². The molecule has 1 atom stereocenters. The van der Waals surface area contributed by atoms with Crippen LogP contribution in [0.3, 0.4) is 0 Å². The maximum absolute atomic E-state index is 13.4. The van der Waals surface area contributed by atoms with E-state index in [2.05, 4.69) is 10.6 Å². The number of aryl methyl sites for hydroxylation is 1. The Balaban J connectivity index is 1.43. The highest BCUT2D eigenvalue weighted by atomic mass is 35.5. The third kappa shape index (κ3) is 3.96. The van der Waals surface area contributed by atoms with Gasteiger partial charge in [-0.3, -0.25) is 14.4 Å². The SMILES string of the molecule is O=C1CCc2cc(N3CCC(C(=O)NCc4cc(F)ccc4Cl)C3=O)ccc2N1. The number of carbonyl (C=O) groups excluding carboxylic acids is 3. The van der Waals surface area contributed by atoms with Gasteiger partial charge in [0, 0.05) is 35.9 Å². The molecule has 2 N–H and O–H groups in total. The molecular weight excluding hydrogens is 397 g/mol. The van der Waals surface area contributed by atoms with Crippen LogP contribution in [0.1, 0.15) is 24.0 Å². The van der Waals surface area contributed by atoms with Gasteiger partial charge < -0.3 is 15.5 Å². The van der Waals surface area contributed by atoms with Gasteiger partial charge in [0.25, 0.3) is 0 Å². The number of hydrogen-bond acceptors (Lipinski definition) is 3. The van der Waals surface area contributed by atoms with Crippen molar-refractivity contribution < 1.29 is 18.8 Å². The van der Waals surface area contributed by atoms with Crippen molar-refractivity contribution in [3.05, 3.63) is 58.4 Å². The Morgan fingerprint density at radius 2 is 2.03 bits per heavy atom. The maximum atomic E-state index is 13.4. The molecular formula is C21H19ClFN3O3. The van der Waals surface area contributed by atoms with Crippen molar-refractivity contribution in [2.75, 3.05) is 16.8 Å². The average Bonchev–Trinajstić information content (AvgIpc) is 3.09. The molecule has 0 saturated carbocycles. The summed E-state index contributed by atoms with van der Waals surface area (Å²) in [5, 5.41) is 5.85.